The van der Waals surface area contributed by atoms with Crippen molar-refractivity contribution in [3.8, 4) is 5.75 Å². The van der Waals surface area contributed by atoms with Crippen LogP contribution in [0.5, 0.6) is 5.75 Å². The van der Waals surface area contributed by atoms with Gasteiger partial charge in [-0.15, -0.1) is 0 Å². The molecular weight excluding hydrogens is 853 g/mol. The molecule has 0 radical (unpaired) electrons. The summed E-state index contributed by atoms with van der Waals surface area (Å²) in [5, 5.41) is 12.0. The summed E-state index contributed by atoms with van der Waals surface area (Å²) in [5.41, 5.74) is 6.07. The zero-order valence-corrected chi connectivity index (χ0v) is 37.2. The number of hydrogen-bond donors (Lipinski definition) is 2. The van der Waals surface area contributed by atoms with Gasteiger partial charge in [-0.3, -0.25) is 9.59 Å². The maximum Gasteiger partial charge on any atom is 0.416 e. The van der Waals surface area contributed by atoms with Crippen molar-refractivity contribution >= 4 is 11.7 Å². The van der Waals surface area contributed by atoms with Crippen molar-refractivity contribution in [1.82, 2.24) is 5.32 Å². The van der Waals surface area contributed by atoms with E-state index < -0.39 is 29.5 Å². The molecular formula is C55H53F6NO4. The van der Waals surface area contributed by atoms with Crippen LogP contribution in [0.15, 0.2) is 182 Å². The predicted molar refractivity (Wildman–Crippen MR) is 248 cm³/mol. The van der Waals surface area contributed by atoms with Gasteiger partial charge in [-0.1, -0.05) is 168 Å². The highest BCUT2D eigenvalue weighted by Gasteiger charge is 2.31. The normalized spacial score (nSPS) is 11.3. The molecule has 0 bridgehead atoms. The molecule has 1 unspecified atom stereocenters. The van der Waals surface area contributed by atoms with Crippen LogP contribution in [-0.2, 0) is 23.8 Å². The fourth-order valence-electron chi connectivity index (χ4n) is 6.08. The third-order valence-corrected chi connectivity index (χ3v) is 9.88. The standard InChI is InChI=1S/C26H26F3NO3.C15H11F3O.2C7H8/c1-18-4-8-20(9-5-18)25(21-10-12-22(13-11-21)26(27,28)29)30-24(32)3-2-16-33-23-14-6-19(17-31)7-15-23;1-10-2-4-11(5-3-10)14(19)12-6-8-13(9-7-12)15(16,17)18;2*1-7-5-3-2-4-6-7/h4-15,25,31H,2-3,16-17H2,1H3,(H,30,32);2-9H,1H3;2*2-6H,1H3. The van der Waals surface area contributed by atoms with Gasteiger partial charge in [0.2, 0.25) is 5.91 Å². The number of nitrogens with one attached hydrogen (secondary N) is 1. The number of halogens is 6. The molecule has 1 amide bonds. The Balaban J connectivity index is 0.000000238. The van der Waals surface area contributed by atoms with Crippen LogP contribution >= 0.6 is 0 Å². The van der Waals surface area contributed by atoms with Crippen molar-refractivity contribution in [3.05, 3.63) is 243 Å². The van der Waals surface area contributed by atoms with Gasteiger partial charge in [0.15, 0.2) is 5.78 Å². The highest BCUT2D eigenvalue weighted by atomic mass is 19.4. The lowest BCUT2D eigenvalue weighted by atomic mass is 9.96. The number of rotatable bonds is 11. The number of ketones is 1. The van der Waals surface area contributed by atoms with Crippen LogP contribution in [0.3, 0.4) is 0 Å². The van der Waals surface area contributed by atoms with E-state index in [1.165, 1.54) is 35.4 Å². The Morgan fingerprint density at radius 3 is 1.29 bits per heavy atom. The number of ether oxygens (including phenoxy) is 1. The van der Waals surface area contributed by atoms with Gasteiger partial charge < -0.3 is 15.2 Å². The monoisotopic (exact) mass is 905 g/mol. The van der Waals surface area contributed by atoms with Gasteiger partial charge in [0, 0.05) is 17.5 Å². The molecule has 66 heavy (non-hydrogen) atoms. The lowest BCUT2D eigenvalue weighted by Gasteiger charge is -2.21. The van der Waals surface area contributed by atoms with Gasteiger partial charge in [-0.2, -0.15) is 26.3 Å². The maximum atomic E-state index is 12.9. The van der Waals surface area contributed by atoms with Crippen LogP contribution in [0.1, 0.15) is 84.9 Å². The van der Waals surface area contributed by atoms with Gasteiger partial charge in [0.25, 0.3) is 0 Å². The number of amides is 1. The number of carbonyl (C=O) groups excluding carboxylic acids is 2. The number of aryl methyl sites for hydroxylation is 4. The molecule has 344 valence electrons. The molecule has 1 atom stereocenters. The lowest BCUT2D eigenvalue weighted by Crippen LogP contribution is -2.29. The highest BCUT2D eigenvalue weighted by Crippen LogP contribution is 2.32. The van der Waals surface area contributed by atoms with Crippen LogP contribution in [0.4, 0.5) is 26.3 Å². The summed E-state index contributed by atoms with van der Waals surface area (Å²) < 4.78 is 81.6. The Hall–Kier alpha value is -6.98. The van der Waals surface area contributed by atoms with E-state index in [1.54, 1.807) is 48.5 Å². The Labute approximate surface area is 382 Å². The molecule has 11 heteroatoms. The van der Waals surface area contributed by atoms with Crippen molar-refractivity contribution in [2.24, 2.45) is 0 Å². The summed E-state index contributed by atoms with van der Waals surface area (Å²) in [4.78, 5) is 24.7. The molecule has 7 rings (SSSR count). The molecule has 0 heterocycles. The molecule has 0 aromatic heterocycles. The summed E-state index contributed by atoms with van der Waals surface area (Å²) in [5.74, 6) is 0.142. The fourth-order valence-corrected chi connectivity index (χ4v) is 6.08. The van der Waals surface area contributed by atoms with Crippen molar-refractivity contribution in [2.45, 2.75) is 65.5 Å². The van der Waals surface area contributed by atoms with Gasteiger partial charge >= 0.3 is 12.4 Å². The van der Waals surface area contributed by atoms with Crippen LogP contribution in [-0.4, -0.2) is 23.4 Å². The molecule has 0 saturated carbocycles. The fraction of sp³-hybridized carbons (Fsp3) is 0.200. The van der Waals surface area contributed by atoms with Gasteiger partial charge in [-0.05, 0) is 87.2 Å². The Kier molecular flexibility index (Phi) is 20.0. The largest absolute Gasteiger partial charge is 0.494 e. The number of alkyl halides is 6. The number of aliphatic hydroxyl groups is 1. The van der Waals surface area contributed by atoms with Crippen molar-refractivity contribution in [1.29, 1.82) is 0 Å². The summed E-state index contributed by atoms with van der Waals surface area (Å²) in [7, 11) is 0. The van der Waals surface area contributed by atoms with Gasteiger partial charge in [0.1, 0.15) is 5.75 Å². The summed E-state index contributed by atoms with van der Waals surface area (Å²) >= 11 is 0. The third kappa shape index (κ3) is 17.9. The molecule has 0 aliphatic carbocycles. The van der Waals surface area contributed by atoms with E-state index in [2.05, 4.69) is 43.4 Å². The summed E-state index contributed by atoms with van der Waals surface area (Å²) in [6.07, 6.45) is -8.12. The van der Waals surface area contributed by atoms with E-state index in [-0.39, 0.29) is 30.3 Å². The van der Waals surface area contributed by atoms with Crippen LogP contribution in [0.25, 0.3) is 0 Å². The van der Waals surface area contributed by atoms with Crippen molar-refractivity contribution < 1.29 is 45.8 Å². The minimum absolute atomic E-state index is 0.0401. The minimum Gasteiger partial charge on any atom is -0.494 e. The van der Waals surface area contributed by atoms with Crippen molar-refractivity contribution in [3.63, 3.8) is 0 Å². The van der Waals surface area contributed by atoms with E-state index >= 15 is 0 Å². The number of hydrogen-bond acceptors (Lipinski definition) is 4. The molecule has 5 nitrogen and oxygen atoms in total. The molecule has 0 spiro atoms. The summed E-state index contributed by atoms with van der Waals surface area (Å²) in [6, 6.07) is 50.5. The average molecular weight is 906 g/mol. The molecule has 7 aromatic carbocycles. The van der Waals surface area contributed by atoms with Crippen LogP contribution < -0.4 is 10.1 Å². The Bertz CT molecular complexity index is 2450. The lowest BCUT2D eigenvalue weighted by molar-refractivity contribution is -0.138. The highest BCUT2D eigenvalue weighted by molar-refractivity contribution is 6.09. The number of carbonyl (C=O) groups is 2. The SMILES string of the molecule is Cc1ccc(C(=O)c2ccc(C(F)(F)F)cc2)cc1.Cc1ccc(C(NC(=O)CCCOc2ccc(CO)cc2)c2ccc(C(F)(F)F)cc2)cc1.Cc1ccccc1.Cc1ccccc1. The van der Waals surface area contributed by atoms with E-state index in [9.17, 15) is 35.9 Å². The quantitative estimate of drug-likeness (QED) is 0.0770. The molecule has 2 N–H and O–H groups in total. The van der Waals surface area contributed by atoms with E-state index in [4.69, 9.17) is 9.84 Å². The molecule has 0 aliphatic rings. The topological polar surface area (TPSA) is 75.6 Å². The zero-order chi connectivity index (χ0) is 48.1. The van der Waals surface area contributed by atoms with Crippen molar-refractivity contribution in [2.75, 3.05) is 6.61 Å². The van der Waals surface area contributed by atoms with Crippen LogP contribution in [0.2, 0.25) is 0 Å². The average Bonchev–Trinajstić information content (AvgIpc) is 3.31. The van der Waals surface area contributed by atoms with Crippen LogP contribution in [0, 0.1) is 27.7 Å². The smallest absolute Gasteiger partial charge is 0.416 e. The first-order valence-electron chi connectivity index (χ1n) is 21.1. The van der Waals surface area contributed by atoms with E-state index in [0.29, 0.717) is 29.9 Å². The van der Waals surface area contributed by atoms with Gasteiger partial charge in [-0.25, -0.2) is 0 Å². The molecule has 7 aromatic rings. The number of benzene rings is 7. The third-order valence-electron chi connectivity index (χ3n) is 9.88. The maximum absolute atomic E-state index is 12.9. The Morgan fingerprint density at radius 2 is 0.894 bits per heavy atom. The second-order valence-electron chi connectivity index (χ2n) is 15.4. The molecule has 0 fully saturated rings. The second-order valence-corrected chi connectivity index (χ2v) is 15.4. The Morgan fingerprint density at radius 1 is 0.515 bits per heavy atom. The number of aliphatic hydroxyl groups excluding tert-OH is 1. The minimum atomic E-state index is -4.42. The molecule has 0 saturated heterocycles. The first-order chi connectivity index (χ1) is 31.4. The first-order valence-corrected chi connectivity index (χ1v) is 21.1. The van der Waals surface area contributed by atoms with E-state index in [0.717, 1.165) is 46.5 Å². The first kappa shape index (κ1) is 51.7. The predicted octanol–water partition coefficient (Wildman–Crippen LogP) is 13.8. The molecule has 0 aliphatic heterocycles. The zero-order valence-electron chi connectivity index (χ0n) is 37.2. The second kappa shape index (κ2) is 25.5. The van der Waals surface area contributed by atoms with E-state index in [1.807, 2.05) is 74.5 Å². The van der Waals surface area contributed by atoms with Gasteiger partial charge in [0.05, 0.1) is 30.4 Å². The summed E-state index contributed by atoms with van der Waals surface area (Å²) in [6.45, 7) is 8.29.